The number of hydrogen-bond acceptors (Lipinski definition) is 29. The van der Waals surface area contributed by atoms with Crippen LogP contribution in [0.25, 0.3) is 0 Å². The maximum Gasteiger partial charge on any atom is 0.323 e. The van der Waals surface area contributed by atoms with Crippen molar-refractivity contribution in [3.05, 3.63) is 200 Å². The summed E-state index contributed by atoms with van der Waals surface area (Å²) in [6.45, 7) is 1.26. The van der Waals surface area contributed by atoms with Crippen LogP contribution < -0.4 is 63.2 Å². The number of likely N-dealkylation sites (N-methyl/N-ethyl adjacent to an activating group) is 11. The van der Waals surface area contributed by atoms with E-state index in [4.69, 9.17) is 99.4 Å². The average Bonchev–Trinajstić information content (AvgIpc) is 1.13. The molecule has 0 saturated heterocycles. The highest BCUT2D eigenvalue weighted by molar-refractivity contribution is 7.07. The third-order valence-corrected chi connectivity index (χ3v) is 17.4. The topological polar surface area (TPSA) is 671 Å². The maximum absolute atomic E-state index is 10.8. The highest BCUT2D eigenvalue weighted by atomic mass is 35.5. The molecule has 5 aromatic carbocycles. The number of hydrogen-bond donors (Lipinski definition) is 26. The SMILES string of the molecule is CNCC(=O)O.CN[C@@H](C)C(=O)O.CN[C@@H](CC(=O)O)C(=O)O.CN[C@@H](CO)C(=O)O.CN[C@@H](Cc1ccc(Cl)cc1)C(=O)O.CN[C@@H](Cc1ccc(O)cc1)C(=O)O.CN[C@@H](Cc1ccc(OC)cc1)C(=O)O.CN[C@@H](Cc1cccc(Cl)c1)C(=O)O.CN[C@@H](Cc1ccccc1)C(=O)O.CN[C@@H](Cc1cnc[nH]1)C(=O)O.CN[C@@H](Cc1cscn1)C(=O)O. The zero-order valence-electron chi connectivity index (χ0n) is 71.4. The van der Waals surface area contributed by atoms with E-state index in [1.807, 2.05) is 84.2 Å². The Kier molecular flexibility index (Phi) is 69.6. The fourth-order valence-electron chi connectivity index (χ4n) is 8.88. The number of methoxy groups -OCH3 is 1. The highest BCUT2D eigenvalue weighted by Crippen LogP contribution is 2.16. The van der Waals surface area contributed by atoms with Gasteiger partial charge in [-0.2, -0.15) is 0 Å². The van der Waals surface area contributed by atoms with Gasteiger partial charge >= 0.3 is 71.6 Å². The number of aromatic nitrogens is 3. The number of aliphatic carboxylic acids is 12. The molecule has 0 aliphatic heterocycles. The Labute approximate surface area is 737 Å². The van der Waals surface area contributed by atoms with E-state index in [0.29, 0.717) is 55.0 Å². The minimum absolute atomic E-state index is 0.0417. The number of carboxylic acid groups (broad SMARTS) is 12. The molecule has 696 valence electrons. The van der Waals surface area contributed by atoms with E-state index in [1.54, 1.807) is 138 Å². The number of ether oxygens (including phenoxy) is 1. The van der Waals surface area contributed by atoms with Gasteiger partial charge in [-0.3, -0.25) is 57.5 Å². The van der Waals surface area contributed by atoms with Crippen LogP contribution in [0.1, 0.15) is 52.5 Å². The van der Waals surface area contributed by atoms with Crippen LogP contribution >= 0.6 is 34.5 Å². The standard InChI is InChI=1S/C11H15NO3.2C10H12ClNO2.C10H13NO3.C10H13NO2.C7H11N3O2.C7H10N2O2S.C5H9NO4.C4H9NO3.C4H9NO2.C3H7NO2/c1-12-10(11(13)14)7-8-3-5-9(15-2)6-4-8;1-12-9(10(13)14)6-7-2-4-8(11)5-3-7;1-12-9(10(13)14)6-7-3-2-4-8(11)5-7;1-11-9(10(13)14)6-7-2-4-8(12)5-3-7;1-11-9(10(12)13)7-8-5-3-2-4-6-8;1-8-6(7(11)12)2-5-3-9-4-10-5;1-8-6(7(10)11)2-5-3-12-4-9-5;1-6-3(5(9)10)2-4(7)8;1-5-3(2-6)4(7)8;1-3(5-2)4(6)7;1-4-2-3(5)6/h3-6,10,12H,7H2,1-2H3,(H,13,14);2*2-5,9,12H,6H2,1H3,(H,13,14);2-5,9,11-12H,6H2,1H3,(H,13,14);2-6,9,11H,7H2,1H3,(H,12,13);3-4,6,8H,2H2,1H3,(H,9,10)(H,11,12);3-4,6,8H,2H2,1H3,(H,10,11);3,6H,2H2,1H3,(H,7,8)(H,9,10);3,5-6H,2H2,1H3,(H,7,8);3,5H,1-2H3,(H,6,7);4H,2H2,1H3,(H,5,6)/t10-;4*9-;2*6-;3*3-;/m0000000000./s1. The van der Waals surface area contributed by atoms with E-state index in [-0.39, 0.29) is 18.9 Å². The lowest BCUT2D eigenvalue weighted by molar-refractivity contribution is -0.145. The minimum Gasteiger partial charge on any atom is -0.508 e. The van der Waals surface area contributed by atoms with Crippen LogP contribution in [-0.2, 0) is 102 Å². The van der Waals surface area contributed by atoms with Gasteiger partial charge in [0, 0.05) is 40.2 Å². The number of phenols is 1. The number of aromatic hydroxyl groups is 1. The Hall–Kier alpha value is -11.7. The quantitative estimate of drug-likeness (QED) is 0.0262. The van der Waals surface area contributed by atoms with Gasteiger partial charge in [-0.1, -0.05) is 102 Å². The molecule has 0 unspecified atom stereocenters. The highest BCUT2D eigenvalue weighted by Gasteiger charge is 2.22. The Morgan fingerprint density at radius 1 is 0.400 bits per heavy atom. The summed E-state index contributed by atoms with van der Waals surface area (Å²) >= 11 is 13.0. The molecular formula is C81H120Cl2N14O27S. The number of carbonyl (C=O) groups is 12. The van der Waals surface area contributed by atoms with E-state index < -0.39 is 138 Å². The molecule has 10 atom stereocenters. The predicted octanol–water partition coefficient (Wildman–Crippen LogP) is 2.27. The first-order valence-electron chi connectivity index (χ1n) is 37.5. The van der Waals surface area contributed by atoms with E-state index >= 15 is 0 Å². The average molecular weight is 1820 g/mol. The zero-order valence-corrected chi connectivity index (χ0v) is 73.7. The van der Waals surface area contributed by atoms with Crippen LogP contribution in [0.5, 0.6) is 11.5 Å². The first-order valence-corrected chi connectivity index (χ1v) is 39.2. The molecule has 0 aliphatic carbocycles. The number of halogens is 2. The van der Waals surface area contributed by atoms with Crippen LogP contribution in [0, 0.1) is 0 Å². The summed E-state index contributed by atoms with van der Waals surface area (Å²) in [4.78, 5) is 135. The molecule has 125 heavy (non-hydrogen) atoms. The van der Waals surface area contributed by atoms with Crippen molar-refractivity contribution >= 4 is 106 Å². The minimum atomic E-state index is -1.15. The number of H-pyrrole nitrogens is 1. The van der Waals surface area contributed by atoms with E-state index in [1.165, 1.54) is 31.8 Å². The molecule has 0 fully saturated rings. The van der Waals surface area contributed by atoms with Gasteiger partial charge in [-0.15, -0.1) is 11.3 Å². The van der Waals surface area contributed by atoms with Crippen molar-refractivity contribution in [2.75, 3.05) is 97.8 Å². The molecule has 2 heterocycles. The van der Waals surface area contributed by atoms with Gasteiger partial charge in [0.2, 0.25) is 0 Å². The third kappa shape index (κ3) is 61.3. The Balaban J connectivity index is -0.000000650. The van der Waals surface area contributed by atoms with Crippen molar-refractivity contribution < 1.29 is 134 Å². The van der Waals surface area contributed by atoms with Crippen LogP contribution in [0.15, 0.2) is 151 Å². The predicted molar refractivity (Wildman–Crippen MR) is 468 cm³/mol. The van der Waals surface area contributed by atoms with Crippen molar-refractivity contribution in [2.24, 2.45) is 0 Å². The van der Waals surface area contributed by atoms with Gasteiger partial charge in [-0.05, 0) is 193 Å². The number of aliphatic hydroxyl groups excluding tert-OH is 1. The van der Waals surface area contributed by atoms with E-state index in [0.717, 1.165) is 45.0 Å². The Bertz CT molecular complexity index is 4010. The van der Waals surface area contributed by atoms with Crippen LogP contribution in [0.3, 0.4) is 0 Å². The van der Waals surface area contributed by atoms with Crippen molar-refractivity contribution in [3.8, 4) is 11.5 Å². The number of phenolic OH excluding ortho intramolecular Hbond substituents is 1. The first kappa shape index (κ1) is 120. The smallest absolute Gasteiger partial charge is 0.323 e. The number of imidazole rings is 1. The summed E-state index contributed by atoms with van der Waals surface area (Å²) < 4.78 is 5.02. The monoisotopic (exact) mass is 1820 g/mol. The number of thiazole rings is 1. The summed E-state index contributed by atoms with van der Waals surface area (Å²) in [5, 5.41) is 151. The first-order chi connectivity index (χ1) is 59.0. The number of benzene rings is 5. The van der Waals surface area contributed by atoms with Crippen LogP contribution in [0.2, 0.25) is 10.0 Å². The molecule has 7 aromatic rings. The molecule has 41 nitrogen and oxygen atoms in total. The van der Waals surface area contributed by atoms with Crippen molar-refractivity contribution in [2.45, 2.75) is 119 Å². The van der Waals surface area contributed by atoms with Crippen LogP contribution in [0.4, 0.5) is 0 Å². The number of aliphatic hydroxyl groups is 1. The largest absolute Gasteiger partial charge is 0.508 e. The molecule has 0 amide bonds. The molecule has 2 aromatic heterocycles. The van der Waals surface area contributed by atoms with Crippen molar-refractivity contribution in [1.29, 1.82) is 0 Å². The number of rotatable bonds is 40. The fraction of sp³-hybridized carbons (Fsp3) is 0.407. The lowest BCUT2D eigenvalue weighted by atomic mass is 10.1. The molecular weight excluding hydrogens is 1700 g/mol. The molecule has 0 radical (unpaired) electrons. The lowest BCUT2D eigenvalue weighted by Gasteiger charge is -2.11. The number of carboxylic acids is 12. The van der Waals surface area contributed by atoms with Gasteiger partial charge in [-0.25, -0.2) is 9.97 Å². The van der Waals surface area contributed by atoms with Crippen LogP contribution in [-0.4, -0.2) is 316 Å². The summed E-state index contributed by atoms with van der Waals surface area (Å²) in [6, 6.07) is 31.8. The number of aromatic amines is 1. The van der Waals surface area contributed by atoms with E-state index in [2.05, 4.69) is 73.4 Å². The molecule has 0 saturated carbocycles. The molecule has 0 spiro atoms. The lowest BCUT2D eigenvalue weighted by Crippen LogP contribution is -2.36. The summed E-state index contributed by atoms with van der Waals surface area (Å²) in [6.07, 6.45) is 5.91. The van der Waals surface area contributed by atoms with E-state index in [9.17, 15) is 57.5 Å². The zero-order chi connectivity index (χ0) is 96.1. The number of nitrogens with one attached hydrogen (secondary N) is 12. The Morgan fingerprint density at radius 2 is 0.752 bits per heavy atom. The van der Waals surface area contributed by atoms with Gasteiger partial charge < -0.3 is 140 Å². The normalized spacial score (nSPS) is 12.4. The molecule has 0 bridgehead atoms. The van der Waals surface area contributed by atoms with Gasteiger partial charge in [0.15, 0.2) is 0 Å². The van der Waals surface area contributed by atoms with Gasteiger partial charge in [0.25, 0.3) is 0 Å². The molecule has 7 rings (SSSR count). The number of nitrogens with zero attached hydrogens (tertiary/aromatic N) is 2. The van der Waals surface area contributed by atoms with Gasteiger partial charge in [0.05, 0.1) is 44.2 Å². The molecule has 0 aliphatic rings. The second kappa shape index (κ2) is 72.7. The second-order valence-electron chi connectivity index (χ2n) is 25.4. The second-order valence-corrected chi connectivity index (χ2v) is 27.0. The third-order valence-electron chi connectivity index (χ3n) is 16.3. The van der Waals surface area contributed by atoms with Crippen molar-refractivity contribution in [1.82, 2.24) is 73.4 Å². The van der Waals surface area contributed by atoms with Crippen molar-refractivity contribution in [3.63, 3.8) is 0 Å². The summed E-state index contributed by atoms with van der Waals surface area (Å²) in [5.41, 5.74) is 8.09. The fourth-order valence-corrected chi connectivity index (χ4v) is 9.79. The Morgan fingerprint density at radius 3 is 1.02 bits per heavy atom. The maximum atomic E-state index is 10.8. The molecule has 26 N–H and O–H groups in total. The van der Waals surface area contributed by atoms with Gasteiger partial charge in [0.1, 0.15) is 71.9 Å². The summed E-state index contributed by atoms with van der Waals surface area (Å²) in [5.74, 6) is -9.91. The molecule has 44 heteroatoms. The summed E-state index contributed by atoms with van der Waals surface area (Å²) in [7, 11) is 19.1.